The Morgan fingerprint density at radius 2 is 2.17 bits per heavy atom. The van der Waals surface area contributed by atoms with Gasteiger partial charge in [0.15, 0.2) is 5.78 Å². The Balaban J connectivity index is 3.19. The van der Waals surface area contributed by atoms with E-state index in [9.17, 15) is 14.4 Å². The van der Waals surface area contributed by atoms with Crippen LogP contribution in [0, 0.1) is 11.3 Å². The van der Waals surface area contributed by atoms with E-state index in [0.29, 0.717) is 12.0 Å². The normalized spacial score (nSPS) is 27.6. The van der Waals surface area contributed by atoms with Crippen LogP contribution in [-0.4, -0.2) is 17.9 Å². The maximum Gasteiger partial charge on any atom is 0.172 e. The molecule has 0 spiro atoms. The summed E-state index contributed by atoms with van der Waals surface area (Å²) in [5.41, 5.74) is 0.349. The largest absolute Gasteiger partial charge is 0.302 e. The number of aldehydes is 1. The summed E-state index contributed by atoms with van der Waals surface area (Å²) in [6, 6.07) is 0. The molecule has 0 aromatic rings. The lowest BCUT2D eigenvalue weighted by Gasteiger charge is -2.38. The number of rotatable bonds is 5. The van der Waals surface area contributed by atoms with Crippen molar-refractivity contribution in [1.29, 1.82) is 0 Å². The van der Waals surface area contributed by atoms with Crippen molar-refractivity contribution in [3.8, 4) is 0 Å². The van der Waals surface area contributed by atoms with E-state index < -0.39 is 5.41 Å². The molecule has 1 aliphatic carbocycles. The van der Waals surface area contributed by atoms with Gasteiger partial charge in [-0.2, -0.15) is 0 Å². The number of carbonyl (C=O) groups excluding carboxylic acids is 3. The Labute approximate surface area is 108 Å². The molecule has 0 heterocycles. The Bertz CT molecular complexity index is 431. The van der Waals surface area contributed by atoms with Crippen LogP contribution in [0.3, 0.4) is 0 Å². The summed E-state index contributed by atoms with van der Waals surface area (Å²) < 4.78 is 0. The number of hydrogen-bond donors (Lipinski definition) is 0. The van der Waals surface area contributed by atoms with E-state index in [4.69, 9.17) is 0 Å². The molecule has 0 radical (unpaired) electrons. The zero-order valence-corrected chi connectivity index (χ0v) is 11.3. The summed E-state index contributed by atoms with van der Waals surface area (Å²) >= 11 is 0. The van der Waals surface area contributed by atoms with E-state index in [-0.39, 0.29) is 30.3 Å². The average Bonchev–Trinajstić information content (AvgIpc) is 2.30. The highest BCUT2D eigenvalue weighted by Gasteiger charge is 2.47. The number of carbonyl (C=O) groups is 3. The van der Waals surface area contributed by atoms with Crippen LogP contribution in [0.25, 0.3) is 0 Å². The molecular weight excluding hydrogens is 228 g/mol. The first-order chi connectivity index (χ1) is 8.35. The lowest BCUT2D eigenvalue weighted by atomic mass is 9.62. The summed E-state index contributed by atoms with van der Waals surface area (Å²) in [4.78, 5) is 35.1. The van der Waals surface area contributed by atoms with Gasteiger partial charge in [0.05, 0.1) is 5.41 Å². The molecule has 3 heteroatoms. The van der Waals surface area contributed by atoms with Gasteiger partial charge in [-0.15, -0.1) is 0 Å². The zero-order valence-electron chi connectivity index (χ0n) is 11.3. The first kappa shape index (κ1) is 14.6. The van der Waals surface area contributed by atoms with Crippen LogP contribution in [0.15, 0.2) is 23.8 Å². The highest BCUT2D eigenvalue weighted by Crippen LogP contribution is 2.43. The van der Waals surface area contributed by atoms with Gasteiger partial charge < -0.3 is 9.59 Å². The topological polar surface area (TPSA) is 51.2 Å². The summed E-state index contributed by atoms with van der Waals surface area (Å²) in [6.45, 7) is 8.92. The molecule has 98 valence electrons. The second-order valence-electron chi connectivity index (χ2n) is 5.21. The van der Waals surface area contributed by atoms with Crippen LogP contribution in [0.2, 0.25) is 0 Å². The summed E-state index contributed by atoms with van der Waals surface area (Å²) in [5.74, 6) is -0.347. The maximum absolute atomic E-state index is 12.4. The molecule has 0 amide bonds. The van der Waals surface area contributed by atoms with Gasteiger partial charge in [0, 0.05) is 12.3 Å². The quantitative estimate of drug-likeness (QED) is 0.427. The molecule has 0 aromatic carbocycles. The van der Waals surface area contributed by atoms with Gasteiger partial charge in [-0.3, -0.25) is 4.79 Å². The monoisotopic (exact) mass is 248 g/mol. The second-order valence-corrected chi connectivity index (χ2v) is 5.21. The second kappa shape index (κ2) is 5.42. The fourth-order valence-electron chi connectivity index (χ4n) is 2.63. The fraction of sp³-hybridized carbons (Fsp3) is 0.533. The van der Waals surface area contributed by atoms with Gasteiger partial charge in [0.2, 0.25) is 0 Å². The van der Waals surface area contributed by atoms with Gasteiger partial charge >= 0.3 is 0 Å². The van der Waals surface area contributed by atoms with Crippen molar-refractivity contribution in [2.45, 2.75) is 40.0 Å². The summed E-state index contributed by atoms with van der Waals surface area (Å²) in [5, 5.41) is 0. The van der Waals surface area contributed by atoms with Crippen LogP contribution in [0.5, 0.6) is 0 Å². The third kappa shape index (κ3) is 2.50. The molecule has 18 heavy (non-hydrogen) atoms. The van der Waals surface area contributed by atoms with Crippen molar-refractivity contribution in [2.24, 2.45) is 11.3 Å². The minimum atomic E-state index is -1.09. The lowest BCUT2D eigenvalue weighted by molar-refractivity contribution is -0.136. The van der Waals surface area contributed by atoms with Crippen LogP contribution < -0.4 is 0 Å². The van der Waals surface area contributed by atoms with Crippen LogP contribution in [0.1, 0.15) is 40.0 Å². The van der Waals surface area contributed by atoms with E-state index in [1.54, 1.807) is 6.92 Å². The van der Waals surface area contributed by atoms with Crippen molar-refractivity contribution >= 4 is 17.9 Å². The first-order valence-electron chi connectivity index (χ1n) is 6.18. The predicted molar refractivity (Wildman–Crippen MR) is 70.1 cm³/mol. The van der Waals surface area contributed by atoms with E-state index in [2.05, 4.69) is 6.58 Å². The molecule has 0 aliphatic heterocycles. The van der Waals surface area contributed by atoms with Crippen LogP contribution in [0.4, 0.5) is 0 Å². The Kier molecular flexibility index (Phi) is 4.38. The Morgan fingerprint density at radius 3 is 2.61 bits per heavy atom. The van der Waals surface area contributed by atoms with Crippen LogP contribution in [-0.2, 0) is 14.4 Å². The molecule has 0 unspecified atom stereocenters. The predicted octanol–water partition coefficient (Wildman–Crippen LogP) is 2.65. The summed E-state index contributed by atoms with van der Waals surface area (Å²) in [7, 11) is 0. The molecule has 0 fully saturated rings. The summed E-state index contributed by atoms with van der Waals surface area (Å²) in [6.07, 6.45) is 3.77. The van der Waals surface area contributed by atoms with Gasteiger partial charge in [0.1, 0.15) is 12.1 Å². The molecule has 0 N–H and O–H groups in total. The van der Waals surface area contributed by atoms with E-state index in [1.807, 2.05) is 13.0 Å². The van der Waals surface area contributed by atoms with Gasteiger partial charge in [-0.05, 0) is 39.2 Å². The third-order valence-corrected chi connectivity index (χ3v) is 3.76. The number of allylic oxidation sites excluding steroid dienone is 3. The number of hydrogen-bond acceptors (Lipinski definition) is 3. The van der Waals surface area contributed by atoms with Gasteiger partial charge in [-0.25, -0.2) is 0 Å². The van der Waals surface area contributed by atoms with Gasteiger partial charge in [0.25, 0.3) is 0 Å². The van der Waals surface area contributed by atoms with Crippen molar-refractivity contribution in [3.63, 3.8) is 0 Å². The van der Waals surface area contributed by atoms with Crippen molar-refractivity contribution in [1.82, 2.24) is 0 Å². The lowest BCUT2D eigenvalue weighted by Crippen LogP contribution is -2.44. The van der Waals surface area contributed by atoms with Crippen LogP contribution >= 0.6 is 0 Å². The molecule has 0 bridgehead atoms. The molecule has 1 rings (SSSR count). The van der Waals surface area contributed by atoms with Crippen molar-refractivity contribution in [2.75, 3.05) is 0 Å². The number of ketones is 2. The molecule has 0 saturated heterocycles. The average molecular weight is 248 g/mol. The SMILES string of the molecule is C=C(C)[C@@H]1CC=C(C)C(=O)[C@@]1(C=O)CCC(C)=O. The molecule has 2 atom stereocenters. The Hall–Kier alpha value is -1.51. The molecule has 0 saturated carbocycles. The van der Waals surface area contributed by atoms with E-state index >= 15 is 0 Å². The molecule has 3 nitrogen and oxygen atoms in total. The maximum atomic E-state index is 12.4. The minimum absolute atomic E-state index is 0.00306. The fourth-order valence-corrected chi connectivity index (χ4v) is 2.63. The minimum Gasteiger partial charge on any atom is -0.302 e. The highest BCUT2D eigenvalue weighted by molar-refractivity contribution is 6.09. The Morgan fingerprint density at radius 1 is 1.56 bits per heavy atom. The first-order valence-corrected chi connectivity index (χ1v) is 6.18. The number of Topliss-reactive ketones (excluding diaryl/α,β-unsaturated/α-hetero) is 2. The molecular formula is C15H20O3. The molecule has 0 aromatic heterocycles. The van der Waals surface area contributed by atoms with E-state index in [0.717, 1.165) is 11.9 Å². The van der Waals surface area contributed by atoms with E-state index in [1.165, 1.54) is 6.92 Å². The standard InChI is InChI=1S/C15H20O3/c1-10(2)13-6-5-11(3)14(18)15(13,9-16)8-7-12(4)17/h5,9,13H,1,6-8H2,2-4H3/t13-,15+/m0/s1. The smallest absolute Gasteiger partial charge is 0.172 e. The zero-order chi connectivity index (χ0) is 13.9. The van der Waals surface area contributed by atoms with Crippen molar-refractivity contribution < 1.29 is 14.4 Å². The van der Waals surface area contributed by atoms with Crippen molar-refractivity contribution in [3.05, 3.63) is 23.8 Å². The third-order valence-electron chi connectivity index (χ3n) is 3.76. The van der Waals surface area contributed by atoms with Gasteiger partial charge in [-0.1, -0.05) is 18.2 Å². The highest BCUT2D eigenvalue weighted by atomic mass is 16.1. The molecule has 1 aliphatic rings.